The molecular formula is C15H27NO2. The summed E-state index contributed by atoms with van der Waals surface area (Å²) in [6.07, 6.45) is 4.16. The van der Waals surface area contributed by atoms with Gasteiger partial charge in [0.2, 0.25) is 5.91 Å². The van der Waals surface area contributed by atoms with E-state index in [-0.39, 0.29) is 23.7 Å². The van der Waals surface area contributed by atoms with Crippen molar-refractivity contribution in [3.05, 3.63) is 0 Å². The maximum Gasteiger partial charge on any atom is 0.223 e. The van der Waals surface area contributed by atoms with Crippen molar-refractivity contribution in [1.82, 2.24) is 5.32 Å². The third-order valence-electron chi connectivity index (χ3n) is 4.29. The lowest BCUT2D eigenvalue weighted by molar-refractivity contribution is -0.130. The van der Waals surface area contributed by atoms with Crippen LogP contribution in [-0.2, 0) is 9.59 Å². The largest absolute Gasteiger partial charge is 0.346 e. The number of rotatable bonds is 3. The van der Waals surface area contributed by atoms with Gasteiger partial charge in [0, 0.05) is 5.92 Å². The van der Waals surface area contributed by atoms with Crippen molar-refractivity contribution in [2.24, 2.45) is 17.3 Å². The van der Waals surface area contributed by atoms with Gasteiger partial charge in [-0.05, 0) is 50.9 Å². The quantitative estimate of drug-likeness (QED) is 0.840. The number of hydrogen-bond acceptors (Lipinski definition) is 2. The first kappa shape index (κ1) is 15.2. The Morgan fingerprint density at radius 1 is 1.11 bits per heavy atom. The molecule has 1 aliphatic rings. The fourth-order valence-corrected chi connectivity index (χ4v) is 2.65. The van der Waals surface area contributed by atoms with Crippen molar-refractivity contribution < 1.29 is 9.59 Å². The maximum atomic E-state index is 12.0. The molecule has 1 aliphatic carbocycles. The predicted octanol–water partition coefficient (Wildman–Crippen LogP) is 2.93. The summed E-state index contributed by atoms with van der Waals surface area (Å²) >= 11 is 0. The molecule has 0 aliphatic heterocycles. The minimum Gasteiger partial charge on any atom is -0.346 e. The summed E-state index contributed by atoms with van der Waals surface area (Å²) < 4.78 is 0. The number of Topliss-reactive ketones (excluding diaryl/α,β-unsaturated/α-hetero) is 1. The third-order valence-corrected chi connectivity index (χ3v) is 4.29. The Balaban J connectivity index is 2.43. The molecule has 0 heterocycles. The molecule has 0 radical (unpaired) electrons. The molecule has 1 fully saturated rings. The lowest BCUT2D eigenvalue weighted by Gasteiger charge is -2.36. The van der Waals surface area contributed by atoms with Crippen molar-refractivity contribution in [2.45, 2.75) is 66.3 Å². The van der Waals surface area contributed by atoms with Crippen LogP contribution in [0.25, 0.3) is 0 Å². The highest BCUT2D eigenvalue weighted by atomic mass is 16.2. The molecule has 0 spiro atoms. The Morgan fingerprint density at radius 3 is 2.00 bits per heavy atom. The zero-order chi connectivity index (χ0) is 13.9. The monoisotopic (exact) mass is 253 g/mol. The van der Waals surface area contributed by atoms with E-state index in [1.807, 2.05) is 0 Å². The summed E-state index contributed by atoms with van der Waals surface area (Å²) in [6, 6.07) is -0.349. The van der Waals surface area contributed by atoms with Crippen LogP contribution in [0.3, 0.4) is 0 Å². The Bertz CT molecular complexity index is 309. The minimum atomic E-state index is -0.349. The average molecular weight is 253 g/mol. The zero-order valence-corrected chi connectivity index (χ0v) is 12.4. The Labute approximate surface area is 111 Å². The highest BCUT2D eigenvalue weighted by molar-refractivity contribution is 5.88. The lowest BCUT2D eigenvalue weighted by atomic mass is 9.69. The van der Waals surface area contributed by atoms with Crippen LogP contribution in [0.2, 0.25) is 0 Å². The van der Waals surface area contributed by atoms with Crippen LogP contribution < -0.4 is 5.32 Å². The van der Waals surface area contributed by atoms with Gasteiger partial charge in [-0.2, -0.15) is 0 Å². The van der Waals surface area contributed by atoms with Crippen LogP contribution in [0.5, 0.6) is 0 Å². The highest BCUT2D eigenvalue weighted by Gasteiger charge is 2.32. The molecule has 0 aromatic carbocycles. The van der Waals surface area contributed by atoms with E-state index in [4.69, 9.17) is 0 Å². The number of nitrogens with one attached hydrogen (secondary N) is 1. The number of hydrogen-bond donors (Lipinski definition) is 1. The summed E-state index contributed by atoms with van der Waals surface area (Å²) in [6.45, 7) is 10.1. The molecule has 0 aromatic rings. The fraction of sp³-hybridized carbons (Fsp3) is 0.867. The van der Waals surface area contributed by atoms with Gasteiger partial charge >= 0.3 is 0 Å². The molecule has 1 unspecified atom stereocenters. The van der Waals surface area contributed by atoms with Gasteiger partial charge < -0.3 is 5.32 Å². The topological polar surface area (TPSA) is 46.2 Å². The van der Waals surface area contributed by atoms with Crippen molar-refractivity contribution in [3.8, 4) is 0 Å². The summed E-state index contributed by atoms with van der Waals surface area (Å²) in [4.78, 5) is 23.1. The van der Waals surface area contributed by atoms with E-state index >= 15 is 0 Å². The molecule has 0 bridgehead atoms. The van der Waals surface area contributed by atoms with Gasteiger partial charge in [0.15, 0.2) is 5.78 Å². The first-order valence-electron chi connectivity index (χ1n) is 7.02. The SMILES string of the molecule is CC(=O)C(C)NC(=O)C1CCC(C(C)(C)C)CC1. The normalized spacial score (nSPS) is 26.5. The molecule has 1 amide bonds. The van der Waals surface area contributed by atoms with Gasteiger partial charge in [0.25, 0.3) is 0 Å². The van der Waals surface area contributed by atoms with Crippen LogP contribution in [0.1, 0.15) is 60.3 Å². The second kappa shape index (κ2) is 5.85. The maximum absolute atomic E-state index is 12.0. The van der Waals surface area contributed by atoms with Crippen LogP contribution in [0.15, 0.2) is 0 Å². The first-order chi connectivity index (χ1) is 8.21. The summed E-state index contributed by atoms with van der Waals surface area (Å²) in [5, 5.41) is 2.81. The molecule has 1 atom stereocenters. The van der Waals surface area contributed by atoms with Gasteiger partial charge in [-0.25, -0.2) is 0 Å². The smallest absolute Gasteiger partial charge is 0.223 e. The van der Waals surface area contributed by atoms with Crippen molar-refractivity contribution in [2.75, 3.05) is 0 Å². The first-order valence-corrected chi connectivity index (χ1v) is 7.02. The van der Waals surface area contributed by atoms with E-state index in [1.54, 1.807) is 6.92 Å². The van der Waals surface area contributed by atoms with Gasteiger partial charge in [0.1, 0.15) is 0 Å². The van der Waals surface area contributed by atoms with E-state index in [0.717, 1.165) is 25.7 Å². The number of carbonyl (C=O) groups excluding carboxylic acids is 2. The minimum absolute atomic E-state index is 0.0201. The second-order valence-corrected chi connectivity index (χ2v) is 6.76. The molecule has 3 nitrogen and oxygen atoms in total. The number of ketones is 1. The average Bonchev–Trinajstić information content (AvgIpc) is 2.27. The van der Waals surface area contributed by atoms with E-state index in [9.17, 15) is 9.59 Å². The van der Waals surface area contributed by atoms with Crippen molar-refractivity contribution >= 4 is 11.7 Å². The van der Waals surface area contributed by atoms with Crippen LogP contribution >= 0.6 is 0 Å². The van der Waals surface area contributed by atoms with Crippen LogP contribution in [0.4, 0.5) is 0 Å². The molecule has 1 rings (SSSR count). The second-order valence-electron chi connectivity index (χ2n) is 6.76. The Morgan fingerprint density at radius 2 is 1.61 bits per heavy atom. The molecule has 1 saturated carbocycles. The molecule has 3 heteroatoms. The lowest BCUT2D eigenvalue weighted by Crippen LogP contribution is -2.42. The molecule has 0 aromatic heterocycles. The standard InChI is InChI=1S/C15H27NO2/c1-10(11(2)17)16-14(18)12-6-8-13(9-7-12)15(3,4)5/h10,12-13H,6-9H2,1-5H3,(H,16,18). The van der Waals surface area contributed by atoms with Gasteiger partial charge in [-0.15, -0.1) is 0 Å². The Kier molecular flexibility index (Phi) is 4.94. The van der Waals surface area contributed by atoms with E-state index in [2.05, 4.69) is 26.1 Å². The molecule has 1 N–H and O–H groups in total. The predicted molar refractivity (Wildman–Crippen MR) is 73.2 cm³/mol. The number of carbonyl (C=O) groups is 2. The summed E-state index contributed by atoms with van der Waals surface area (Å²) in [5.41, 5.74) is 0.341. The van der Waals surface area contributed by atoms with E-state index in [1.165, 1.54) is 6.92 Å². The van der Waals surface area contributed by atoms with E-state index in [0.29, 0.717) is 11.3 Å². The molecular weight excluding hydrogens is 226 g/mol. The fourth-order valence-electron chi connectivity index (χ4n) is 2.65. The van der Waals surface area contributed by atoms with Crippen molar-refractivity contribution in [3.63, 3.8) is 0 Å². The van der Waals surface area contributed by atoms with Gasteiger partial charge in [-0.1, -0.05) is 20.8 Å². The zero-order valence-electron chi connectivity index (χ0n) is 12.4. The Hall–Kier alpha value is -0.860. The van der Waals surface area contributed by atoms with Crippen molar-refractivity contribution in [1.29, 1.82) is 0 Å². The van der Waals surface area contributed by atoms with Crippen LogP contribution in [-0.4, -0.2) is 17.7 Å². The molecule has 104 valence electrons. The molecule has 18 heavy (non-hydrogen) atoms. The highest BCUT2D eigenvalue weighted by Crippen LogP contribution is 2.39. The third kappa shape index (κ3) is 4.11. The van der Waals surface area contributed by atoms with Crippen LogP contribution in [0, 0.1) is 17.3 Å². The summed E-state index contributed by atoms with van der Waals surface area (Å²) in [5.74, 6) is 0.897. The number of amides is 1. The molecule has 0 saturated heterocycles. The summed E-state index contributed by atoms with van der Waals surface area (Å²) in [7, 11) is 0. The van der Waals surface area contributed by atoms with E-state index < -0.39 is 0 Å². The van der Waals surface area contributed by atoms with Gasteiger partial charge in [0.05, 0.1) is 6.04 Å². The van der Waals surface area contributed by atoms with Gasteiger partial charge in [-0.3, -0.25) is 9.59 Å².